The lowest BCUT2D eigenvalue weighted by molar-refractivity contribution is -0.119. The molecular formula is C21H28O2. The van der Waals surface area contributed by atoms with E-state index in [1.54, 1.807) is 5.57 Å². The normalized spacial score (nSPS) is 49.2. The van der Waals surface area contributed by atoms with Gasteiger partial charge in [-0.25, -0.2) is 0 Å². The Bertz CT molecular complexity index is 624. The van der Waals surface area contributed by atoms with Gasteiger partial charge >= 0.3 is 0 Å². The molecule has 2 nitrogen and oxygen atoms in total. The van der Waals surface area contributed by atoms with Crippen LogP contribution in [0.25, 0.3) is 0 Å². The molecule has 2 fully saturated rings. The van der Waals surface area contributed by atoms with E-state index >= 15 is 0 Å². The second-order valence-electron chi connectivity index (χ2n) is 8.82. The number of hydrogen-bond donors (Lipinski definition) is 1. The molecule has 4 aliphatic carbocycles. The number of Topliss-reactive ketones (excluding diaryl/α,β-unsaturated/α-hetero) is 1. The van der Waals surface area contributed by atoms with E-state index in [4.69, 9.17) is 6.42 Å². The lowest BCUT2D eigenvalue weighted by Crippen LogP contribution is -2.52. The molecule has 0 amide bonds. The zero-order valence-electron chi connectivity index (χ0n) is 14.4. The number of carbonyl (C=O) groups excluding carboxylic acids is 1. The van der Waals surface area contributed by atoms with Crippen LogP contribution in [0.5, 0.6) is 0 Å². The number of allylic oxidation sites excluding steroid dienone is 2. The van der Waals surface area contributed by atoms with Crippen molar-refractivity contribution < 1.29 is 9.90 Å². The Morgan fingerprint density at radius 2 is 2.04 bits per heavy atom. The van der Waals surface area contributed by atoms with E-state index in [0.29, 0.717) is 35.9 Å². The van der Waals surface area contributed by atoms with Gasteiger partial charge in [-0.3, -0.25) is 4.79 Å². The Balaban J connectivity index is 1.72. The number of aliphatic hydroxyl groups is 1. The topological polar surface area (TPSA) is 37.3 Å². The van der Waals surface area contributed by atoms with E-state index in [9.17, 15) is 9.90 Å². The van der Waals surface area contributed by atoms with Gasteiger partial charge in [-0.2, -0.15) is 0 Å². The average molecular weight is 312 g/mol. The molecule has 0 saturated heterocycles. The fourth-order valence-corrected chi connectivity index (χ4v) is 6.72. The molecule has 0 aliphatic heterocycles. The van der Waals surface area contributed by atoms with Crippen LogP contribution in [-0.4, -0.2) is 16.5 Å². The highest BCUT2D eigenvalue weighted by atomic mass is 16.3. The number of rotatable bonds is 0. The molecule has 1 N–H and O–H groups in total. The van der Waals surface area contributed by atoms with Gasteiger partial charge in [-0.1, -0.05) is 30.9 Å². The highest BCUT2D eigenvalue weighted by Crippen LogP contribution is 2.65. The molecule has 4 rings (SSSR count). The Labute approximate surface area is 139 Å². The maximum absolute atomic E-state index is 11.9. The summed E-state index contributed by atoms with van der Waals surface area (Å²) >= 11 is 0. The van der Waals surface area contributed by atoms with Gasteiger partial charge in [0.25, 0.3) is 0 Å². The first-order valence-electron chi connectivity index (χ1n) is 9.32. The van der Waals surface area contributed by atoms with Gasteiger partial charge in [0.05, 0.1) is 0 Å². The molecule has 0 aromatic heterocycles. The van der Waals surface area contributed by atoms with Crippen LogP contribution >= 0.6 is 0 Å². The van der Waals surface area contributed by atoms with Gasteiger partial charge < -0.3 is 5.11 Å². The molecular weight excluding hydrogens is 284 g/mol. The largest absolute Gasteiger partial charge is 0.377 e. The minimum absolute atomic E-state index is 0.125. The van der Waals surface area contributed by atoms with Gasteiger partial charge in [-0.05, 0) is 62.2 Å². The minimum Gasteiger partial charge on any atom is -0.377 e. The van der Waals surface area contributed by atoms with Crippen LogP contribution in [0.3, 0.4) is 0 Å². The van der Waals surface area contributed by atoms with Crippen molar-refractivity contribution in [2.45, 2.75) is 70.8 Å². The van der Waals surface area contributed by atoms with E-state index in [1.165, 1.54) is 5.57 Å². The first-order valence-corrected chi connectivity index (χ1v) is 9.32. The van der Waals surface area contributed by atoms with Gasteiger partial charge in [-0.15, -0.1) is 6.42 Å². The number of fused-ring (bicyclic) bond motifs is 4. The van der Waals surface area contributed by atoms with Crippen molar-refractivity contribution in [2.75, 3.05) is 0 Å². The molecule has 0 radical (unpaired) electrons. The third-order valence-corrected chi connectivity index (χ3v) is 7.93. The molecule has 6 atom stereocenters. The van der Waals surface area contributed by atoms with Gasteiger partial charge in [0, 0.05) is 18.3 Å². The third-order valence-electron chi connectivity index (χ3n) is 7.93. The predicted octanol–water partition coefficient (Wildman–Crippen LogP) is 3.88. The van der Waals surface area contributed by atoms with E-state index in [1.807, 2.05) is 0 Å². The Morgan fingerprint density at radius 3 is 2.78 bits per heavy atom. The summed E-state index contributed by atoms with van der Waals surface area (Å²) in [5.41, 5.74) is 2.04. The van der Waals surface area contributed by atoms with Crippen molar-refractivity contribution >= 4 is 5.78 Å². The minimum atomic E-state index is -0.917. The number of hydrogen-bond acceptors (Lipinski definition) is 2. The fourth-order valence-electron chi connectivity index (χ4n) is 6.72. The monoisotopic (exact) mass is 312 g/mol. The lowest BCUT2D eigenvalue weighted by Gasteiger charge is -2.55. The molecule has 0 aromatic carbocycles. The van der Waals surface area contributed by atoms with Crippen molar-refractivity contribution in [2.24, 2.45) is 29.1 Å². The summed E-state index contributed by atoms with van der Waals surface area (Å²) in [5, 5.41) is 11.0. The maximum Gasteiger partial charge on any atom is 0.137 e. The van der Waals surface area contributed by atoms with Crippen LogP contribution in [0.1, 0.15) is 65.2 Å². The molecule has 124 valence electrons. The zero-order chi connectivity index (χ0) is 16.4. The maximum atomic E-state index is 11.9. The summed E-state index contributed by atoms with van der Waals surface area (Å²) in [6.45, 7) is 4.60. The second kappa shape index (κ2) is 4.96. The summed E-state index contributed by atoms with van der Waals surface area (Å²) in [5.74, 6) is 5.60. The Morgan fingerprint density at radius 1 is 1.26 bits per heavy atom. The highest BCUT2D eigenvalue weighted by Gasteiger charge is 2.62. The molecule has 4 aliphatic rings. The Kier molecular flexibility index (Phi) is 3.34. The average Bonchev–Trinajstić information content (AvgIpc) is 2.79. The number of ketones is 1. The predicted molar refractivity (Wildman–Crippen MR) is 90.5 cm³/mol. The molecule has 2 saturated carbocycles. The fraction of sp³-hybridized carbons (Fsp3) is 0.762. The summed E-state index contributed by atoms with van der Waals surface area (Å²) in [4.78, 5) is 11.9. The number of terminal acetylenes is 1. The summed E-state index contributed by atoms with van der Waals surface area (Å²) in [7, 11) is 0. The van der Waals surface area contributed by atoms with E-state index in [0.717, 1.165) is 44.9 Å². The van der Waals surface area contributed by atoms with Gasteiger partial charge in [0.1, 0.15) is 11.4 Å². The third kappa shape index (κ3) is 1.96. The quantitative estimate of drug-likeness (QED) is 0.544. The smallest absolute Gasteiger partial charge is 0.137 e. The lowest BCUT2D eigenvalue weighted by atomic mass is 9.50. The van der Waals surface area contributed by atoms with E-state index in [-0.39, 0.29) is 5.41 Å². The molecule has 23 heavy (non-hydrogen) atoms. The zero-order valence-corrected chi connectivity index (χ0v) is 14.4. The molecule has 0 spiro atoms. The molecule has 2 heteroatoms. The summed E-state index contributed by atoms with van der Waals surface area (Å²) in [6, 6.07) is 0. The molecule has 0 aromatic rings. The van der Waals surface area contributed by atoms with Gasteiger partial charge in [0.15, 0.2) is 0 Å². The molecule has 0 bridgehead atoms. The first-order chi connectivity index (χ1) is 10.9. The summed E-state index contributed by atoms with van der Waals surface area (Å²) in [6.07, 6.45) is 13.2. The SMILES string of the molecule is C#C[C@]1(O)CC[C@@H]2[C@H]3[C@H](C)CC4=C(CCC(=O)C4)[C@@H]3CC[C@]21C. The van der Waals surface area contributed by atoms with Crippen molar-refractivity contribution in [3.05, 3.63) is 11.1 Å². The van der Waals surface area contributed by atoms with Crippen LogP contribution in [-0.2, 0) is 4.79 Å². The van der Waals surface area contributed by atoms with Crippen LogP contribution in [0, 0.1) is 41.4 Å². The standard InChI is InChI=1S/C21H28O2/c1-4-21(23)10-8-18-19-13(2)11-14-12-15(22)5-6-16(14)17(19)7-9-20(18,21)3/h1,13,17-19,23H,5-12H2,2-3H3/t13-,17+,18-,19+,20-,21+/m1/s1. The van der Waals surface area contributed by atoms with Crippen molar-refractivity contribution in [1.29, 1.82) is 0 Å². The molecule has 0 unspecified atom stereocenters. The van der Waals surface area contributed by atoms with Crippen LogP contribution in [0.4, 0.5) is 0 Å². The van der Waals surface area contributed by atoms with Crippen LogP contribution in [0.15, 0.2) is 11.1 Å². The first kappa shape index (κ1) is 15.5. The Hall–Kier alpha value is -1.07. The number of carbonyl (C=O) groups is 1. The van der Waals surface area contributed by atoms with Crippen LogP contribution in [0.2, 0.25) is 0 Å². The van der Waals surface area contributed by atoms with Crippen molar-refractivity contribution in [3.63, 3.8) is 0 Å². The highest BCUT2D eigenvalue weighted by molar-refractivity contribution is 5.82. The van der Waals surface area contributed by atoms with Crippen LogP contribution < -0.4 is 0 Å². The molecule has 0 heterocycles. The van der Waals surface area contributed by atoms with Crippen molar-refractivity contribution in [3.8, 4) is 12.3 Å². The van der Waals surface area contributed by atoms with Crippen molar-refractivity contribution in [1.82, 2.24) is 0 Å². The van der Waals surface area contributed by atoms with Gasteiger partial charge in [0.2, 0.25) is 0 Å². The van der Waals surface area contributed by atoms with E-state index < -0.39 is 5.60 Å². The van der Waals surface area contributed by atoms with E-state index in [2.05, 4.69) is 19.8 Å². The second-order valence-corrected chi connectivity index (χ2v) is 8.82. The summed E-state index contributed by atoms with van der Waals surface area (Å²) < 4.78 is 0.